The first kappa shape index (κ1) is 14.8. The SMILES string of the molecule is CC(CCNC(=O)Nc1nccnn1)CCC(=O)O. The molecule has 0 radical (unpaired) electrons. The molecule has 0 saturated heterocycles. The Hall–Kier alpha value is -2.25. The molecule has 0 spiro atoms. The number of hydrogen-bond acceptors (Lipinski definition) is 5. The highest BCUT2D eigenvalue weighted by Crippen LogP contribution is 2.09. The molecule has 1 unspecified atom stereocenters. The highest BCUT2D eigenvalue weighted by Gasteiger charge is 2.07. The second-order valence-corrected chi connectivity index (χ2v) is 4.17. The predicted octanol–water partition coefficient (Wildman–Crippen LogP) is 0.884. The van der Waals surface area contributed by atoms with E-state index in [2.05, 4.69) is 25.8 Å². The van der Waals surface area contributed by atoms with Crippen LogP contribution in [0.3, 0.4) is 0 Å². The predicted molar refractivity (Wildman–Crippen MR) is 67.5 cm³/mol. The smallest absolute Gasteiger partial charge is 0.321 e. The van der Waals surface area contributed by atoms with Gasteiger partial charge in [-0.25, -0.2) is 9.78 Å². The lowest BCUT2D eigenvalue weighted by molar-refractivity contribution is -0.137. The van der Waals surface area contributed by atoms with Gasteiger partial charge in [0.25, 0.3) is 5.95 Å². The van der Waals surface area contributed by atoms with E-state index in [-0.39, 0.29) is 18.3 Å². The largest absolute Gasteiger partial charge is 0.481 e. The fourth-order valence-electron chi connectivity index (χ4n) is 1.40. The highest BCUT2D eigenvalue weighted by molar-refractivity contribution is 5.87. The summed E-state index contributed by atoms with van der Waals surface area (Å²) in [6, 6.07) is -0.404. The molecule has 0 aromatic carbocycles. The zero-order chi connectivity index (χ0) is 14.1. The molecular formula is C11H17N5O3. The van der Waals surface area contributed by atoms with Crippen molar-refractivity contribution in [3.63, 3.8) is 0 Å². The summed E-state index contributed by atoms with van der Waals surface area (Å²) in [5.41, 5.74) is 0. The van der Waals surface area contributed by atoms with Crippen LogP contribution >= 0.6 is 0 Å². The Kier molecular flexibility index (Phi) is 6.20. The maximum atomic E-state index is 11.4. The van der Waals surface area contributed by atoms with E-state index < -0.39 is 12.0 Å². The molecule has 1 aromatic heterocycles. The Morgan fingerprint density at radius 1 is 1.37 bits per heavy atom. The number of nitrogens with one attached hydrogen (secondary N) is 2. The monoisotopic (exact) mass is 267 g/mol. The van der Waals surface area contributed by atoms with Crippen LogP contribution in [0.5, 0.6) is 0 Å². The van der Waals surface area contributed by atoms with E-state index in [1.165, 1.54) is 12.4 Å². The molecule has 1 rings (SSSR count). The number of carboxylic acids is 1. The van der Waals surface area contributed by atoms with Crippen LogP contribution in [0.25, 0.3) is 0 Å². The molecule has 8 heteroatoms. The third kappa shape index (κ3) is 6.92. The van der Waals surface area contributed by atoms with Gasteiger partial charge in [-0.15, -0.1) is 5.10 Å². The minimum Gasteiger partial charge on any atom is -0.481 e. The standard InChI is InChI=1S/C11H17N5O3/c1-8(2-3-9(17)18)4-5-13-11(19)15-10-12-6-7-14-16-10/h6-8H,2-5H2,1H3,(H,17,18)(H2,12,13,15,16,19). The summed E-state index contributed by atoms with van der Waals surface area (Å²) in [6.07, 6.45) is 4.31. The molecule has 0 saturated carbocycles. The van der Waals surface area contributed by atoms with Crippen LogP contribution < -0.4 is 10.6 Å². The Morgan fingerprint density at radius 3 is 2.79 bits per heavy atom. The van der Waals surface area contributed by atoms with Crippen LogP contribution in [0.2, 0.25) is 0 Å². The van der Waals surface area contributed by atoms with E-state index >= 15 is 0 Å². The molecule has 0 aliphatic rings. The molecule has 104 valence electrons. The topological polar surface area (TPSA) is 117 Å². The summed E-state index contributed by atoms with van der Waals surface area (Å²) in [5.74, 6) is -0.420. The number of anilines is 1. The number of aliphatic carboxylic acids is 1. The maximum absolute atomic E-state index is 11.4. The number of amides is 2. The van der Waals surface area contributed by atoms with Crippen molar-refractivity contribution in [2.24, 2.45) is 5.92 Å². The number of rotatable bonds is 7. The molecule has 19 heavy (non-hydrogen) atoms. The van der Waals surface area contributed by atoms with Gasteiger partial charge in [0.1, 0.15) is 0 Å². The van der Waals surface area contributed by atoms with Crippen molar-refractivity contribution in [2.45, 2.75) is 26.2 Å². The van der Waals surface area contributed by atoms with E-state index in [1.807, 2.05) is 6.92 Å². The molecule has 0 fully saturated rings. The van der Waals surface area contributed by atoms with Crippen LogP contribution in [0.15, 0.2) is 12.4 Å². The number of carbonyl (C=O) groups excluding carboxylic acids is 1. The van der Waals surface area contributed by atoms with Gasteiger partial charge < -0.3 is 10.4 Å². The van der Waals surface area contributed by atoms with Gasteiger partial charge in [-0.2, -0.15) is 5.10 Å². The summed E-state index contributed by atoms with van der Waals surface area (Å²) < 4.78 is 0. The Morgan fingerprint density at radius 2 is 2.16 bits per heavy atom. The van der Waals surface area contributed by atoms with Crippen molar-refractivity contribution in [1.29, 1.82) is 0 Å². The van der Waals surface area contributed by atoms with E-state index in [0.29, 0.717) is 19.4 Å². The van der Waals surface area contributed by atoms with Gasteiger partial charge in [0.05, 0.1) is 12.4 Å². The summed E-state index contributed by atoms with van der Waals surface area (Å²) in [5, 5.41) is 20.8. The number of carboxylic acid groups (broad SMARTS) is 1. The lowest BCUT2D eigenvalue weighted by Crippen LogP contribution is -2.31. The summed E-state index contributed by atoms with van der Waals surface area (Å²) in [6.45, 7) is 2.42. The van der Waals surface area contributed by atoms with Crippen molar-refractivity contribution < 1.29 is 14.7 Å². The zero-order valence-corrected chi connectivity index (χ0v) is 10.7. The molecule has 2 amide bonds. The van der Waals surface area contributed by atoms with Crippen LogP contribution in [-0.2, 0) is 4.79 Å². The normalized spacial score (nSPS) is 11.6. The van der Waals surface area contributed by atoms with Crippen LogP contribution in [0.1, 0.15) is 26.2 Å². The fraction of sp³-hybridized carbons (Fsp3) is 0.545. The molecule has 0 aliphatic heterocycles. The third-order valence-corrected chi connectivity index (χ3v) is 2.48. The van der Waals surface area contributed by atoms with E-state index in [4.69, 9.17) is 5.11 Å². The molecule has 3 N–H and O–H groups in total. The van der Waals surface area contributed by atoms with Gasteiger partial charge >= 0.3 is 12.0 Å². The van der Waals surface area contributed by atoms with Gasteiger partial charge in [-0.3, -0.25) is 10.1 Å². The number of carbonyl (C=O) groups is 2. The van der Waals surface area contributed by atoms with E-state index in [9.17, 15) is 9.59 Å². The Bertz CT molecular complexity index is 412. The van der Waals surface area contributed by atoms with Gasteiger partial charge in [0, 0.05) is 13.0 Å². The average Bonchev–Trinajstić information content (AvgIpc) is 2.37. The summed E-state index contributed by atoms with van der Waals surface area (Å²) >= 11 is 0. The quantitative estimate of drug-likeness (QED) is 0.675. The van der Waals surface area contributed by atoms with Crippen molar-refractivity contribution in [1.82, 2.24) is 20.5 Å². The number of hydrogen-bond donors (Lipinski definition) is 3. The molecule has 1 heterocycles. The lowest BCUT2D eigenvalue weighted by Gasteiger charge is -2.10. The lowest BCUT2D eigenvalue weighted by atomic mass is 10.0. The van der Waals surface area contributed by atoms with Crippen molar-refractivity contribution in [2.75, 3.05) is 11.9 Å². The minimum atomic E-state index is -0.800. The fourth-order valence-corrected chi connectivity index (χ4v) is 1.40. The number of nitrogens with zero attached hydrogens (tertiary/aromatic N) is 3. The van der Waals surface area contributed by atoms with Crippen LogP contribution in [-0.4, -0.2) is 38.8 Å². The van der Waals surface area contributed by atoms with Crippen molar-refractivity contribution >= 4 is 17.9 Å². The average molecular weight is 267 g/mol. The van der Waals surface area contributed by atoms with Crippen molar-refractivity contribution in [3.8, 4) is 0 Å². The molecule has 8 nitrogen and oxygen atoms in total. The third-order valence-electron chi connectivity index (χ3n) is 2.48. The minimum absolute atomic E-state index is 0.138. The molecule has 0 aliphatic carbocycles. The van der Waals surface area contributed by atoms with Gasteiger partial charge in [-0.05, 0) is 18.8 Å². The molecule has 0 bridgehead atoms. The highest BCUT2D eigenvalue weighted by atomic mass is 16.4. The molecule has 1 aromatic rings. The first-order chi connectivity index (χ1) is 9.08. The second-order valence-electron chi connectivity index (χ2n) is 4.17. The van der Waals surface area contributed by atoms with Crippen molar-refractivity contribution in [3.05, 3.63) is 12.4 Å². The zero-order valence-electron chi connectivity index (χ0n) is 10.7. The Labute approximate surface area is 110 Å². The van der Waals surface area contributed by atoms with E-state index in [1.54, 1.807) is 0 Å². The second kappa shape index (κ2) is 7.96. The summed E-state index contributed by atoms with van der Waals surface area (Å²) in [4.78, 5) is 25.6. The first-order valence-corrected chi connectivity index (χ1v) is 5.98. The molecule has 1 atom stereocenters. The maximum Gasteiger partial charge on any atom is 0.321 e. The van der Waals surface area contributed by atoms with Gasteiger partial charge in [-0.1, -0.05) is 6.92 Å². The van der Waals surface area contributed by atoms with Gasteiger partial charge in [0.2, 0.25) is 0 Å². The first-order valence-electron chi connectivity index (χ1n) is 5.98. The number of urea groups is 1. The Balaban J connectivity index is 2.15. The molecular weight excluding hydrogens is 250 g/mol. The number of aromatic nitrogens is 3. The van der Waals surface area contributed by atoms with E-state index in [0.717, 1.165) is 0 Å². The van der Waals surface area contributed by atoms with Crippen LogP contribution in [0.4, 0.5) is 10.7 Å². The summed E-state index contributed by atoms with van der Waals surface area (Å²) in [7, 11) is 0. The van der Waals surface area contributed by atoms with Gasteiger partial charge in [0.15, 0.2) is 0 Å². The van der Waals surface area contributed by atoms with Crippen LogP contribution in [0, 0.1) is 5.92 Å².